The normalized spacial score (nSPS) is 33.8. The molecule has 1 aliphatic rings. The third-order valence-corrected chi connectivity index (χ3v) is 3.30. The summed E-state index contributed by atoms with van der Waals surface area (Å²) >= 11 is 0. The van der Waals surface area contributed by atoms with Crippen molar-refractivity contribution in [2.75, 3.05) is 13.7 Å². The van der Waals surface area contributed by atoms with E-state index in [0.717, 1.165) is 7.11 Å². The molecule has 0 radical (unpaired) electrons. The van der Waals surface area contributed by atoms with Gasteiger partial charge in [0, 0.05) is 5.92 Å². The summed E-state index contributed by atoms with van der Waals surface area (Å²) in [7, 11) is -2.12. The van der Waals surface area contributed by atoms with Gasteiger partial charge in [-0.15, -0.1) is 0 Å². The van der Waals surface area contributed by atoms with Gasteiger partial charge in [-0.3, -0.25) is 4.18 Å². The first-order valence-corrected chi connectivity index (χ1v) is 5.17. The van der Waals surface area contributed by atoms with Gasteiger partial charge in [0.15, 0.2) is 0 Å². The summed E-state index contributed by atoms with van der Waals surface area (Å²) in [6.45, 7) is 1.85. The largest absolute Gasteiger partial charge is 0.509 e. The Kier molecular flexibility index (Phi) is 3.01. The van der Waals surface area contributed by atoms with Crippen molar-refractivity contribution in [3.8, 4) is 0 Å². The van der Waals surface area contributed by atoms with Crippen molar-refractivity contribution in [3.05, 3.63) is 0 Å². The Labute approximate surface area is 77.3 Å². The van der Waals surface area contributed by atoms with Crippen LogP contribution in [-0.4, -0.2) is 34.4 Å². The zero-order valence-corrected chi connectivity index (χ0v) is 8.11. The highest BCUT2D eigenvalue weighted by Gasteiger charge is 2.45. The van der Waals surface area contributed by atoms with Crippen molar-refractivity contribution < 1.29 is 27.6 Å². The minimum Gasteiger partial charge on any atom is -0.438 e. The molecule has 0 bridgehead atoms. The van der Waals surface area contributed by atoms with Gasteiger partial charge in [-0.1, -0.05) is 6.92 Å². The lowest BCUT2D eigenvalue weighted by atomic mass is 10.2. The number of ether oxygens (including phenoxy) is 2. The molecule has 0 aromatic rings. The van der Waals surface area contributed by atoms with Crippen LogP contribution in [0.25, 0.3) is 0 Å². The maximum atomic E-state index is 10.7. The molecule has 2 N–H and O–H groups in total. The SMILES string of the molecule is COC(=O)OC1C(C)COS1(O)O. The molecule has 0 saturated carbocycles. The third kappa shape index (κ3) is 2.25. The molecule has 1 heterocycles. The van der Waals surface area contributed by atoms with E-state index in [1.165, 1.54) is 0 Å². The Hall–Kier alpha value is -0.500. The van der Waals surface area contributed by atoms with E-state index in [1.54, 1.807) is 6.92 Å². The Balaban J connectivity index is 2.60. The molecule has 6 nitrogen and oxygen atoms in total. The van der Waals surface area contributed by atoms with Crippen molar-refractivity contribution in [2.24, 2.45) is 5.92 Å². The van der Waals surface area contributed by atoms with E-state index >= 15 is 0 Å². The highest BCUT2D eigenvalue weighted by atomic mass is 32.3. The van der Waals surface area contributed by atoms with Gasteiger partial charge >= 0.3 is 6.16 Å². The molecule has 7 heteroatoms. The summed E-state index contributed by atoms with van der Waals surface area (Å²) in [6, 6.07) is 0. The first-order chi connectivity index (χ1) is 5.97. The van der Waals surface area contributed by atoms with Gasteiger partial charge < -0.3 is 18.6 Å². The van der Waals surface area contributed by atoms with Crippen molar-refractivity contribution in [2.45, 2.75) is 12.4 Å². The van der Waals surface area contributed by atoms with Gasteiger partial charge in [0.05, 0.1) is 13.7 Å². The number of carbonyl (C=O) groups is 1. The van der Waals surface area contributed by atoms with E-state index in [1.807, 2.05) is 0 Å². The second-order valence-electron chi connectivity index (χ2n) is 2.74. The smallest absolute Gasteiger partial charge is 0.438 e. The highest BCUT2D eigenvalue weighted by molar-refractivity contribution is 8.20. The number of hydrogen-bond acceptors (Lipinski definition) is 6. The van der Waals surface area contributed by atoms with Crippen LogP contribution in [0.1, 0.15) is 6.92 Å². The van der Waals surface area contributed by atoms with Crippen molar-refractivity contribution in [1.29, 1.82) is 0 Å². The average Bonchev–Trinajstić information content (AvgIpc) is 2.31. The Morgan fingerprint density at radius 2 is 2.23 bits per heavy atom. The fraction of sp³-hybridized carbons (Fsp3) is 0.833. The quantitative estimate of drug-likeness (QED) is 0.639. The van der Waals surface area contributed by atoms with E-state index < -0.39 is 22.5 Å². The molecule has 2 unspecified atom stereocenters. The van der Waals surface area contributed by atoms with Crippen LogP contribution in [0.15, 0.2) is 0 Å². The van der Waals surface area contributed by atoms with Gasteiger partial charge in [0.1, 0.15) is 10.9 Å². The standard InChI is InChI=1S/C6H12O6S/c1-4-3-11-13(8,9)5(4)12-6(7)10-2/h4-5,8-9H,3H2,1-2H3. The fourth-order valence-corrected chi connectivity index (χ4v) is 2.41. The molecule has 2 atom stereocenters. The van der Waals surface area contributed by atoms with E-state index in [9.17, 15) is 13.9 Å². The van der Waals surface area contributed by atoms with Gasteiger partial charge in [-0.25, -0.2) is 4.79 Å². The Morgan fingerprint density at radius 1 is 1.62 bits per heavy atom. The zero-order valence-electron chi connectivity index (χ0n) is 7.30. The lowest BCUT2D eigenvalue weighted by Crippen LogP contribution is -2.25. The van der Waals surface area contributed by atoms with Crippen LogP contribution in [0.4, 0.5) is 4.79 Å². The Bertz CT molecular complexity index is 205. The fourth-order valence-electron chi connectivity index (χ4n) is 0.977. The van der Waals surface area contributed by atoms with E-state index in [4.69, 9.17) is 0 Å². The number of carbonyl (C=O) groups excluding carboxylic acids is 1. The van der Waals surface area contributed by atoms with Gasteiger partial charge in [0.25, 0.3) is 0 Å². The zero-order chi connectivity index (χ0) is 10.1. The van der Waals surface area contributed by atoms with Gasteiger partial charge in [0.2, 0.25) is 5.44 Å². The van der Waals surface area contributed by atoms with Crippen molar-refractivity contribution in [1.82, 2.24) is 0 Å². The Morgan fingerprint density at radius 3 is 2.62 bits per heavy atom. The summed E-state index contributed by atoms with van der Waals surface area (Å²) in [4.78, 5) is 10.7. The summed E-state index contributed by atoms with van der Waals surface area (Å²) < 4.78 is 32.0. The third-order valence-electron chi connectivity index (χ3n) is 1.65. The van der Waals surface area contributed by atoms with Crippen LogP contribution in [0.5, 0.6) is 0 Å². The van der Waals surface area contributed by atoms with Crippen LogP contribution in [-0.2, 0) is 13.7 Å². The molecule has 0 amide bonds. The highest BCUT2D eigenvalue weighted by Crippen LogP contribution is 2.54. The number of methoxy groups -OCH3 is 1. The maximum Gasteiger partial charge on any atom is 0.509 e. The molecule has 1 fully saturated rings. The average molecular weight is 212 g/mol. The predicted molar refractivity (Wildman–Crippen MR) is 45.2 cm³/mol. The summed E-state index contributed by atoms with van der Waals surface area (Å²) in [6.07, 6.45) is -0.942. The molecule has 13 heavy (non-hydrogen) atoms. The molecule has 0 spiro atoms. The van der Waals surface area contributed by atoms with Gasteiger partial charge in [-0.2, -0.15) is 0 Å². The lowest BCUT2D eigenvalue weighted by Gasteiger charge is -2.26. The lowest BCUT2D eigenvalue weighted by molar-refractivity contribution is 0.0482. The van der Waals surface area contributed by atoms with E-state index in [0.29, 0.717) is 0 Å². The second kappa shape index (κ2) is 3.70. The number of hydrogen-bond donors (Lipinski definition) is 2. The molecular weight excluding hydrogens is 200 g/mol. The molecule has 0 aliphatic carbocycles. The number of rotatable bonds is 1. The van der Waals surface area contributed by atoms with Crippen LogP contribution >= 0.6 is 10.9 Å². The van der Waals surface area contributed by atoms with Crippen LogP contribution < -0.4 is 0 Å². The molecule has 0 aromatic heterocycles. The minimum absolute atomic E-state index is 0.157. The molecule has 78 valence electrons. The van der Waals surface area contributed by atoms with Crippen LogP contribution in [0.2, 0.25) is 0 Å². The molecule has 0 aromatic carbocycles. The predicted octanol–water partition coefficient (Wildman–Crippen LogP) is 1.43. The van der Waals surface area contributed by atoms with Crippen LogP contribution in [0, 0.1) is 5.92 Å². The maximum absolute atomic E-state index is 10.7. The topological polar surface area (TPSA) is 85.2 Å². The first kappa shape index (κ1) is 10.6. The summed E-state index contributed by atoms with van der Waals surface area (Å²) in [5.74, 6) is -0.246. The summed E-state index contributed by atoms with van der Waals surface area (Å²) in [5.41, 5.74) is -1.03. The second-order valence-corrected chi connectivity index (χ2v) is 4.52. The molecule has 1 rings (SSSR count). The van der Waals surface area contributed by atoms with Crippen LogP contribution in [0.3, 0.4) is 0 Å². The monoisotopic (exact) mass is 212 g/mol. The van der Waals surface area contributed by atoms with E-state index in [-0.39, 0.29) is 12.5 Å². The van der Waals surface area contributed by atoms with Gasteiger partial charge in [-0.05, 0) is 0 Å². The van der Waals surface area contributed by atoms with Crippen molar-refractivity contribution in [3.63, 3.8) is 0 Å². The summed E-state index contributed by atoms with van der Waals surface area (Å²) in [5, 5.41) is 0. The minimum atomic E-state index is -3.26. The van der Waals surface area contributed by atoms with E-state index in [2.05, 4.69) is 13.7 Å². The molecule has 1 aliphatic heterocycles. The molecular formula is C6H12O6S. The van der Waals surface area contributed by atoms with Crippen molar-refractivity contribution >= 4 is 17.0 Å². The molecule has 1 saturated heterocycles. The first-order valence-electron chi connectivity index (χ1n) is 3.63.